The zero-order chi connectivity index (χ0) is 16.1. The van der Waals surface area contributed by atoms with Gasteiger partial charge in [0.25, 0.3) is 0 Å². The number of nitrogens with zero attached hydrogens (tertiary/aromatic N) is 1. The van der Waals surface area contributed by atoms with Crippen LogP contribution >= 0.6 is 11.6 Å². The highest BCUT2D eigenvalue weighted by Gasteiger charge is 2.43. The van der Waals surface area contributed by atoms with Crippen LogP contribution in [0.15, 0.2) is 23.1 Å². The number of rotatable bonds is 2. The molecule has 0 radical (unpaired) electrons. The van der Waals surface area contributed by atoms with E-state index in [1.54, 1.807) is 0 Å². The van der Waals surface area contributed by atoms with E-state index in [-0.39, 0.29) is 9.92 Å². The summed E-state index contributed by atoms with van der Waals surface area (Å²) in [6.07, 6.45) is 0. The van der Waals surface area contributed by atoms with Gasteiger partial charge in [-0.2, -0.15) is 4.31 Å². The van der Waals surface area contributed by atoms with E-state index in [4.69, 9.17) is 22.1 Å². The Morgan fingerprint density at radius 1 is 1.19 bits per heavy atom. The number of hydrogen-bond donors (Lipinski definition) is 1. The summed E-state index contributed by atoms with van der Waals surface area (Å²) >= 11 is 5.94. The third kappa shape index (κ3) is 3.51. The van der Waals surface area contributed by atoms with E-state index in [1.165, 1.54) is 22.5 Å². The molecule has 2 N–H and O–H groups in total. The lowest BCUT2D eigenvalue weighted by Crippen LogP contribution is -2.58. The van der Waals surface area contributed by atoms with Crippen molar-refractivity contribution in [1.29, 1.82) is 0 Å². The first-order valence-electron chi connectivity index (χ1n) is 6.68. The maximum atomic E-state index is 12.8. The number of ether oxygens (including phenoxy) is 1. The largest absolute Gasteiger partial charge is 0.398 e. The van der Waals surface area contributed by atoms with Crippen LogP contribution in [0.1, 0.15) is 27.7 Å². The van der Waals surface area contributed by atoms with Gasteiger partial charge in [0, 0.05) is 13.1 Å². The van der Waals surface area contributed by atoms with Crippen molar-refractivity contribution >= 4 is 27.3 Å². The smallest absolute Gasteiger partial charge is 0.243 e. The third-order valence-electron chi connectivity index (χ3n) is 3.28. The normalized spacial score (nSPS) is 22.1. The fourth-order valence-corrected chi connectivity index (χ4v) is 4.72. The Bertz CT molecular complexity index is 640. The monoisotopic (exact) mass is 332 g/mol. The molecule has 0 unspecified atom stereocenters. The maximum Gasteiger partial charge on any atom is 0.243 e. The van der Waals surface area contributed by atoms with Gasteiger partial charge in [-0.25, -0.2) is 8.42 Å². The molecule has 7 heteroatoms. The highest BCUT2D eigenvalue weighted by atomic mass is 35.5. The molecule has 1 fully saturated rings. The molecule has 1 aromatic carbocycles. The zero-order valence-corrected chi connectivity index (χ0v) is 14.3. The summed E-state index contributed by atoms with van der Waals surface area (Å²) in [6, 6.07) is 4.37. The molecule has 1 aliphatic heterocycles. The third-order valence-corrected chi connectivity index (χ3v) is 5.39. The molecule has 21 heavy (non-hydrogen) atoms. The second-order valence-corrected chi connectivity index (χ2v) is 8.92. The predicted molar refractivity (Wildman–Crippen MR) is 83.9 cm³/mol. The van der Waals surface area contributed by atoms with Crippen LogP contribution in [0.5, 0.6) is 0 Å². The fraction of sp³-hybridized carbons (Fsp3) is 0.571. The second kappa shape index (κ2) is 5.12. The molecular weight excluding hydrogens is 312 g/mol. The van der Waals surface area contributed by atoms with Crippen LogP contribution in [0, 0.1) is 0 Å². The molecule has 0 saturated carbocycles. The lowest BCUT2D eigenvalue weighted by Gasteiger charge is -2.46. The number of benzene rings is 1. The standard InChI is InChI=1S/C14H21ClN2O3S/c1-13(2)8-17(9-14(3,4)20-13)21(18,19)10-5-6-12(16)11(15)7-10/h5-7H,8-9,16H2,1-4H3. The van der Waals surface area contributed by atoms with Crippen LogP contribution in [0.3, 0.4) is 0 Å². The Hall–Kier alpha value is -0.820. The number of anilines is 1. The molecular formula is C14H21ClN2O3S. The quantitative estimate of drug-likeness (QED) is 0.844. The Kier molecular flexibility index (Phi) is 4.04. The summed E-state index contributed by atoms with van der Waals surface area (Å²) in [5.41, 5.74) is 4.90. The minimum absolute atomic E-state index is 0.148. The average molecular weight is 333 g/mol. The molecule has 0 aliphatic carbocycles. The number of hydrogen-bond acceptors (Lipinski definition) is 4. The van der Waals surface area contributed by atoms with Crippen LogP contribution in [0.4, 0.5) is 5.69 Å². The summed E-state index contributed by atoms with van der Waals surface area (Å²) in [7, 11) is -3.63. The van der Waals surface area contributed by atoms with Crippen molar-refractivity contribution in [3.8, 4) is 0 Å². The Morgan fingerprint density at radius 2 is 1.71 bits per heavy atom. The Morgan fingerprint density at radius 3 is 2.19 bits per heavy atom. The molecule has 2 rings (SSSR count). The first kappa shape index (κ1) is 16.5. The van der Waals surface area contributed by atoms with E-state index >= 15 is 0 Å². The van der Waals surface area contributed by atoms with Gasteiger partial charge in [-0.05, 0) is 45.9 Å². The number of sulfonamides is 1. The lowest BCUT2D eigenvalue weighted by atomic mass is 10.0. The molecule has 0 spiro atoms. The van der Waals surface area contributed by atoms with Gasteiger partial charge in [0.15, 0.2) is 0 Å². The zero-order valence-electron chi connectivity index (χ0n) is 12.7. The van der Waals surface area contributed by atoms with E-state index in [9.17, 15) is 8.42 Å². The van der Waals surface area contributed by atoms with Gasteiger partial charge in [0.1, 0.15) is 0 Å². The van der Waals surface area contributed by atoms with E-state index in [1.807, 2.05) is 27.7 Å². The number of nitrogens with two attached hydrogens (primary N) is 1. The summed E-state index contributed by atoms with van der Waals surface area (Å²) in [4.78, 5) is 0.148. The summed E-state index contributed by atoms with van der Waals surface area (Å²) in [6.45, 7) is 8.11. The topological polar surface area (TPSA) is 72.6 Å². The first-order chi connectivity index (χ1) is 9.43. The van der Waals surface area contributed by atoms with Gasteiger partial charge < -0.3 is 10.5 Å². The molecule has 1 aliphatic rings. The van der Waals surface area contributed by atoms with Gasteiger partial charge in [-0.1, -0.05) is 11.6 Å². The molecule has 0 bridgehead atoms. The van der Waals surface area contributed by atoms with Crippen molar-refractivity contribution < 1.29 is 13.2 Å². The van der Waals surface area contributed by atoms with Gasteiger partial charge in [-0.15, -0.1) is 0 Å². The van der Waals surface area contributed by atoms with Crippen molar-refractivity contribution in [2.24, 2.45) is 0 Å². The van der Waals surface area contributed by atoms with Crippen molar-refractivity contribution in [3.05, 3.63) is 23.2 Å². The number of halogens is 1. The van der Waals surface area contributed by atoms with Crippen molar-refractivity contribution in [3.63, 3.8) is 0 Å². The van der Waals surface area contributed by atoms with E-state index < -0.39 is 21.2 Å². The molecule has 0 atom stereocenters. The highest BCUT2D eigenvalue weighted by Crippen LogP contribution is 2.32. The Balaban J connectivity index is 2.41. The molecule has 0 amide bonds. The predicted octanol–water partition coefficient (Wildman–Crippen LogP) is 2.50. The second-order valence-electron chi connectivity index (χ2n) is 6.58. The Labute approximate surface area is 131 Å². The summed E-state index contributed by atoms with van der Waals surface area (Å²) in [5.74, 6) is 0. The van der Waals surface area contributed by atoms with Crippen LogP contribution in [0.25, 0.3) is 0 Å². The molecule has 0 aromatic heterocycles. The van der Waals surface area contributed by atoms with Crippen LogP contribution < -0.4 is 5.73 Å². The van der Waals surface area contributed by atoms with E-state index in [0.29, 0.717) is 18.8 Å². The molecule has 1 heterocycles. The summed E-state index contributed by atoms with van der Waals surface area (Å²) in [5, 5.41) is 0.239. The average Bonchev–Trinajstić information content (AvgIpc) is 2.28. The molecule has 5 nitrogen and oxygen atoms in total. The van der Waals surface area contributed by atoms with Gasteiger partial charge >= 0.3 is 0 Å². The lowest BCUT2D eigenvalue weighted by molar-refractivity contribution is -0.163. The minimum Gasteiger partial charge on any atom is -0.398 e. The number of morpholine rings is 1. The molecule has 1 aromatic rings. The number of nitrogen functional groups attached to an aromatic ring is 1. The van der Waals surface area contributed by atoms with E-state index in [0.717, 1.165) is 0 Å². The van der Waals surface area contributed by atoms with Crippen LogP contribution in [-0.4, -0.2) is 37.0 Å². The fourth-order valence-electron chi connectivity index (χ4n) is 2.71. The van der Waals surface area contributed by atoms with Gasteiger partial charge in [0.05, 0.1) is 26.8 Å². The first-order valence-corrected chi connectivity index (χ1v) is 8.50. The maximum absolute atomic E-state index is 12.8. The van der Waals surface area contributed by atoms with Gasteiger partial charge in [-0.3, -0.25) is 0 Å². The minimum atomic E-state index is -3.63. The van der Waals surface area contributed by atoms with Crippen molar-refractivity contribution in [2.45, 2.75) is 43.8 Å². The van der Waals surface area contributed by atoms with Crippen molar-refractivity contribution in [2.75, 3.05) is 18.8 Å². The molecule has 1 saturated heterocycles. The van der Waals surface area contributed by atoms with Crippen LogP contribution in [-0.2, 0) is 14.8 Å². The van der Waals surface area contributed by atoms with Crippen LogP contribution in [0.2, 0.25) is 5.02 Å². The van der Waals surface area contributed by atoms with Crippen molar-refractivity contribution in [1.82, 2.24) is 4.31 Å². The molecule has 118 valence electrons. The SMILES string of the molecule is CC1(C)CN(S(=O)(=O)c2ccc(N)c(Cl)c2)CC(C)(C)O1. The summed E-state index contributed by atoms with van der Waals surface area (Å²) < 4.78 is 33.0. The highest BCUT2D eigenvalue weighted by molar-refractivity contribution is 7.89. The van der Waals surface area contributed by atoms with E-state index in [2.05, 4.69) is 0 Å². The van der Waals surface area contributed by atoms with Gasteiger partial charge in [0.2, 0.25) is 10.0 Å².